The van der Waals surface area contributed by atoms with E-state index in [4.69, 9.17) is 14.2 Å². The molecule has 0 spiro atoms. The molecule has 1 aliphatic heterocycles. The second-order valence-electron chi connectivity index (χ2n) is 7.04. The Morgan fingerprint density at radius 2 is 1.85 bits per heavy atom. The van der Waals surface area contributed by atoms with Gasteiger partial charge in [0.15, 0.2) is 11.5 Å². The highest BCUT2D eigenvalue weighted by molar-refractivity contribution is 5.76. The van der Waals surface area contributed by atoms with Crippen molar-refractivity contribution in [2.45, 2.75) is 39.2 Å². The maximum absolute atomic E-state index is 12.5. The molecule has 0 aliphatic carbocycles. The highest BCUT2D eigenvalue weighted by atomic mass is 16.5. The van der Waals surface area contributed by atoms with Crippen LogP contribution in [-0.4, -0.2) is 40.3 Å². The molecule has 1 saturated heterocycles. The van der Waals surface area contributed by atoms with Crippen LogP contribution in [0.4, 0.5) is 0 Å². The first-order valence-electron chi connectivity index (χ1n) is 9.30. The van der Waals surface area contributed by atoms with Crippen LogP contribution in [0.25, 0.3) is 0 Å². The largest absolute Gasteiger partial charge is 0.493 e. The van der Waals surface area contributed by atoms with Crippen molar-refractivity contribution in [3.05, 3.63) is 17.7 Å². The molecule has 0 aromatic heterocycles. The number of carbonyl (C=O) groups is 1. The molecule has 26 heavy (non-hydrogen) atoms. The first kappa shape index (κ1) is 20.4. The fourth-order valence-electron chi connectivity index (χ4n) is 3.56. The van der Waals surface area contributed by atoms with Crippen molar-refractivity contribution in [2.24, 2.45) is 11.8 Å². The summed E-state index contributed by atoms with van der Waals surface area (Å²) in [6.07, 6.45) is 2.93. The van der Waals surface area contributed by atoms with Gasteiger partial charge in [-0.3, -0.25) is 4.79 Å². The molecule has 1 aliphatic rings. The van der Waals surface area contributed by atoms with Crippen molar-refractivity contribution < 1.29 is 19.0 Å². The van der Waals surface area contributed by atoms with Crippen LogP contribution in [0.1, 0.15) is 44.7 Å². The third-order valence-corrected chi connectivity index (χ3v) is 5.21. The number of nitrogens with one attached hydrogen (secondary N) is 2. The van der Waals surface area contributed by atoms with Crippen molar-refractivity contribution in [1.29, 1.82) is 0 Å². The highest BCUT2D eigenvalue weighted by Gasteiger charge is 2.23. The van der Waals surface area contributed by atoms with Crippen LogP contribution in [0.15, 0.2) is 12.1 Å². The molecule has 3 atom stereocenters. The van der Waals surface area contributed by atoms with Gasteiger partial charge < -0.3 is 24.8 Å². The van der Waals surface area contributed by atoms with Gasteiger partial charge >= 0.3 is 0 Å². The van der Waals surface area contributed by atoms with E-state index < -0.39 is 0 Å². The number of carbonyl (C=O) groups excluding carboxylic acids is 1. The lowest BCUT2D eigenvalue weighted by Gasteiger charge is -2.28. The van der Waals surface area contributed by atoms with Crippen molar-refractivity contribution in [1.82, 2.24) is 10.6 Å². The number of rotatable bonds is 8. The summed E-state index contributed by atoms with van der Waals surface area (Å²) >= 11 is 0. The molecule has 1 aromatic rings. The Labute approximate surface area is 156 Å². The topological polar surface area (TPSA) is 68.8 Å². The number of hydrogen-bond acceptors (Lipinski definition) is 5. The fourth-order valence-corrected chi connectivity index (χ4v) is 3.56. The highest BCUT2D eigenvalue weighted by Crippen LogP contribution is 2.39. The van der Waals surface area contributed by atoms with Crippen molar-refractivity contribution in [3.63, 3.8) is 0 Å². The van der Waals surface area contributed by atoms with Crippen molar-refractivity contribution >= 4 is 5.91 Å². The number of piperidine rings is 1. The summed E-state index contributed by atoms with van der Waals surface area (Å²) in [6, 6.07) is 3.61. The molecule has 2 N–H and O–H groups in total. The number of ether oxygens (including phenoxy) is 3. The maximum atomic E-state index is 12.5. The van der Waals surface area contributed by atoms with Crippen molar-refractivity contribution in [3.8, 4) is 17.2 Å². The average Bonchev–Trinajstić information content (AvgIpc) is 2.67. The average molecular weight is 364 g/mol. The third-order valence-electron chi connectivity index (χ3n) is 5.21. The van der Waals surface area contributed by atoms with Gasteiger partial charge in [-0.25, -0.2) is 0 Å². The fraction of sp³-hybridized carbons (Fsp3) is 0.650. The molecule has 1 aromatic carbocycles. The molecule has 0 radical (unpaired) electrons. The van der Waals surface area contributed by atoms with Crippen LogP contribution in [-0.2, 0) is 4.79 Å². The predicted octanol–water partition coefficient (Wildman–Crippen LogP) is 2.92. The number of hydrogen-bond donors (Lipinski definition) is 2. The van der Waals surface area contributed by atoms with Crippen LogP contribution >= 0.6 is 0 Å². The van der Waals surface area contributed by atoms with E-state index in [1.54, 1.807) is 21.3 Å². The Kier molecular flexibility index (Phi) is 7.57. The zero-order chi connectivity index (χ0) is 19.1. The summed E-state index contributed by atoms with van der Waals surface area (Å²) in [6.45, 7) is 6.23. The number of benzene rings is 1. The van der Waals surface area contributed by atoms with Gasteiger partial charge in [-0.15, -0.1) is 0 Å². The first-order valence-corrected chi connectivity index (χ1v) is 9.30. The van der Waals surface area contributed by atoms with Crippen molar-refractivity contribution in [2.75, 3.05) is 34.4 Å². The second kappa shape index (κ2) is 9.67. The summed E-state index contributed by atoms with van der Waals surface area (Å²) < 4.78 is 16.1. The molecule has 6 heteroatoms. The van der Waals surface area contributed by atoms with Gasteiger partial charge in [0.2, 0.25) is 11.7 Å². The maximum Gasteiger partial charge on any atom is 0.220 e. The van der Waals surface area contributed by atoms with Crippen LogP contribution in [0.5, 0.6) is 17.2 Å². The molecule has 146 valence electrons. The molecule has 2 rings (SSSR count). The van der Waals surface area contributed by atoms with Crippen LogP contribution < -0.4 is 24.8 Å². The Morgan fingerprint density at radius 1 is 1.19 bits per heavy atom. The standard InChI is InChI=1S/C20H32N2O4/c1-13(15-7-6-8-21-12-15)9-19(23)22-14(2)16-10-17(24-3)20(26-5)18(11-16)25-4/h10-11,13-15,21H,6-9,12H2,1-5H3,(H,22,23). The molecule has 6 nitrogen and oxygen atoms in total. The van der Waals surface area contributed by atoms with Crippen LogP contribution in [0, 0.1) is 11.8 Å². The molecule has 0 saturated carbocycles. The molecule has 0 bridgehead atoms. The summed E-state index contributed by atoms with van der Waals surface area (Å²) in [5.74, 6) is 2.75. The van der Waals surface area contributed by atoms with E-state index >= 15 is 0 Å². The number of methoxy groups -OCH3 is 3. The van der Waals surface area contributed by atoms with Crippen LogP contribution in [0.2, 0.25) is 0 Å². The molecular formula is C20H32N2O4. The minimum Gasteiger partial charge on any atom is -0.493 e. The molecular weight excluding hydrogens is 332 g/mol. The SMILES string of the molecule is COc1cc(C(C)NC(=O)CC(C)C2CCCNC2)cc(OC)c1OC. The number of amides is 1. The zero-order valence-electron chi connectivity index (χ0n) is 16.6. The molecule has 1 fully saturated rings. The van der Waals surface area contributed by atoms with Crippen LogP contribution in [0.3, 0.4) is 0 Å². The Hall–Kier alpha value is -1.95. The quantitative estimate of drug-likeness (QED) is 0.742. The van der Waals surface area contributed by atoms with Gasteiger partial charge in [0.1, 0.15) is 0 Å². The minimum atomic E-state index is -0.145. The Balaban J connectivity index is 2.01. The van der Waals surface area contributed by atoms with Gasteiger partial charge in [-0.2, -0.15) is 0 Å². The molecule has 1 heterocycles. The van der Waals surface area contributed by atoms with E-state index in [0.29, 0.717) is 35.5 Å². The summed E-state index contributed by atoms with van der Waals surface area (Å²) in [5, 5.41) is 6.52. The second-order valence-corrected chi connectivity index (χ2v) is 7.04. The third kappa shape index (κ3) is 5.04. The Bertz CT molecular complexity index is 574. The molecule has 1 amide bonds. The van der Waals surface area contributed by atoms with Gasteiger partial charge in [0.05, 0.1) is 27.4 Å². The van der Waals surface area contributed by atoms with Gasteiger partial charge in [0, 0.05) is 6.42 Å². The lowest BCUT2D eigenvalue weighted by molar-refractivity contribution is -0.123. The van der Waals surface area contributed by atoms with E-state index in [-0.39, 0.29) is 11.9 Å². The summed E-state index contributed by atoms with van der Waals surface area (Å²) in [7, 11) is 4.75. The molecule has 3 unspecified atom stereocenters. The summed E-state index contributed by atoms with van der Waals surface area (Å²) in [4.78, 5) is 12.5. The lowest BCUT2D eigenvalue weighted by atomic mass is 9.85. The van der Waals surface area contributed by atoms with E-state index in [2.05, 4.69) is 17.6 Å². The normalized spacial score (nSPS) is 19.3. The van der Waals surface area contributed by atoms with Gasteiger partial charge in [-0.1, -0.05) is 6.92 Å². The predicted molar refractivity (Wildman–Crippen MR) is 102 cm³/mol. The zero-order valence-corrected chi connectivity index (χ0v) is 16.6. The van der Waals surface area contributed by atoms with E-state index in [0.717, 1.165) is 18.7 Å². The van der Waals surface area contributed by atoms with Gasteiger partial charge in [-0.05, 0) is 62.4 Å². The first-order chi connectivity index (χ1) is 12.5. The smallest absolute Gasteiger partial charge is 0.220 e. The van der Waals surface area contributed by atoms with E-state index in [9.17, 15) is 4.79 Å². The van der Waals surface area contributed by atoms with E-state index in [1.807, 2.05) is 19.1 Å². The minimum absolute atomic E-state index is 0.0734. The van der Waals surface area contributed by atoms with Gasteiger partial charge in [0.25, 0.3) is 0 Å². The Morgan fingerprint density at radius 3 is 2.35 bits per heavy atom. The lowest BCUT2D eigenvalue weighted by Crippen LogP contribution is -2.36. The summed E-state index contributed by atoms with van der Waals surface area (Å²) in [5.41, 5.74) is 0.917. The monoisotopic (exact) mass is 364 g/mol. The van der Waals surface area contributed by atoms with E-state index in [1.165, 1.54) is 12.8 Å².